The second-order valence-electron chi connectivity index (χ2n) is 2.88. The van der Waals surface area contributed by atoms with E-state index in [1.807, 2.05) is 36.0 Å². The van der Waals surface area contributed by atoms with Gasteiger partial charge in [-0.25, -0.2) is 0 Å². The molecule has 1 heterocycles. The van der Waals surface area contributed by atoms with Gasteiger partial charge >= 0.3 is 0 Å². The Morgan fingerprint density at radius 1 is 1.36 bits per heavy atom. The Hall–Kier alpha value is -0.120. The van der Waals surface area contributed by atoms with Crippen LogP contribution in [-0.4, -0.2) is 16.7 Å². The van der Waals surface area contributed by atoms with Gasteiger partial charge in [0, 0.05) is 17.2 Å². The third-order valence-electron chi connectivity index (χ3n) is 1.80. The zero-order valence-electron chi connectivity index (χ0n) is 7.57. The lowest BCUT2D eigenvalue weighted by Gasteiger charge is -2.10. The first kappa shape index (κ1) is 10.4. The lowest BCUT2D eigenvalue weighted by Crippen LogP contribution is -1.99. The van der Waals surface area contributed by atoms with Crippen molar-refractivity contribution in [3.05, 3.63) is 29.3 Å². The van der Waals surface area contributed by atoms with Crippen molar-refractivity contribution >= 4 is 39.5 Å². The molecule has 1 aromatic rings. The molecule has 0 aliphatic carbocycles. The lowest BCUT2D eigenvalue weighted by molar-refractivity contribution is 0.942. The molecule has 1 aliphatic heterocycles. The summed E-state index contributed by atoms with van der Waals surface area (Å²) >= 11 is 9.55. The summed E-state index contributed by atoms with van der Waals surface area (Å²) in [5.74, 6) is 1.18. The molecule has 14 heavy (non-hydrogen) atoms. The van der Waals surface area contributed by atoms with Crippen LogP contribution in [0.2, 0.25) is 5.02 Å². The number of benzene rings is 1. The van der Waals surface area contributed by atoms with Crippen LogP contribution < -0.4 is 0 Å². The van der Waals surface area contributed by atoms with E-state index < -0.39 is 0 Å². The van der Waals surface area contributed by atoms with Crippen LogP contribution in [0, 0.1) is 0 Å². The van der Waals surface area contributed by atoms with E-state index >= 15 is 0 Å². The maximum absolute atomic E-state index is 6.06. The van der Waals surface area contributed by atoms with Gasteiger partial charge in [-0.05, 0) is 18.6 Å². The molecule has 1 nitrogen and oxygen atoms in total. The van der Waals surface area contributed by atoms with Crippen LogP contribution in [0.4, 0.5) is 0 Å². The third kappa shape index (κ3) is 2.69. The first-order valence-electron chi connectivity index (χ1n) is 4.46. The summed E-state index contributed by atoms with van der Waals surface area (Å²) in [6.45, 7) is 0.958. The van der Waals surface area contributed by atoms with E-state index in [1.165, 1.54) is 12.2 Å². The predicted molar refractivity (Wildman–Crippen MR) is 66.7 cm³/mol. The van der Waals surface area contributed by atoms with Crippen molar-refractivity contribution in [1.82, 2.24) is 0 Å². The van der Waals surface area contributed by atoms with Gasteiger partial charge < -0.3 is 0 Å². The lowest BCUT2D eigenvalue weighted by atomic mass is 10.4. The molecular weight excluding hydrogens is 234 g/mol. The van der Waals surface area contributed by atoms with Crippen LogP contribution in [0.15, 0.2) is 34.2 Å². The van der Waals surface area contributed by atoms with Crippen molar-refractivity contribution in [2.45, 2.75) is 11.3 Å². The van der Waals surface area contributed by atoms with Crippen LogP contribution in [0.3, 0.4) is 0 Å². The monoisotopic (exact) mass is 243 g/mol. The SMILES string of the molecule is Clc1ccccc1SC1=NCCCS1. The standard InChI is InChI=1S/C10H10ClNS2/c11-8-4-1-2-5-9(8)14-10-12-6-3-7-13-10/h1-2,4-5H,3,6-7H2. The molecular formula is C10H10ClNS2. The minimum absolute atomic E-state index is 0.811. The van der Waals surface area contributed by atoms with Crippen LogP contribution in [-0.2, 0) is 0 Å². The fourth-order valence-electron chi connectivity index (χ4n) is 1.12. The van der Waals surface area contributed by atoms with Gasteiger partial charge in [-0.15, -0.1) is 0 Å². The van der Waals surface area contributed by atoms with Gasteiger partial charge in [0.15, 0.2) is 0 Å². The molecule has 0 fully saturated rings. The van der Waals surface area contributed by atoms with Gasteiger partial charge in [-0.3, -0.25) is 4.99 Å². The molecule has 1 aliphatic rings. The number of halogens is 1. The minimum atomic E-state index is 0.811. The van der Waals surface area contributed by atoms with Crippen molar-refractivity contribution < 1.29 is 0 Å². The summed E-state index contributed by atoms with van der Waals surface area (Å²) < 4.78 is 1.14. The first-order valence-corrected chi connectivity index (χ1v) is 6.64. The number of nitrogens with zero attached hydrogens (tertiary/aromatic N) is 1. The molecule has 0 aromatic heterocycles. The third-order valence-corrected chi connectivity index (χ3v) is 4.60. The highest BCUT2D eigenvalue weighted by atomic mass is 35.5. The molecule has 0 spiro atoms. The summed E-state index contributed by atoms with van der Waals surface area (Å²) in [7, 11) is 0. The Morgan fingerprint density at radius 3 is 2.93 bits per heavy atom. The van der Waals surface area contributed by atoms with E-state index in [1.54, 1.807) is 11.8 Å². The summed E-state index contributed by atoms with van der Waals surface area (Å²) in [6, 6.07) is 7.90. The number of thioether (sulfide) groups is 2. The molecule has 0 radical (unpaired) electrons. The van der Waals surface area contributed by atoms with Crippen LogP contribution in [0.5, 0.6) is 0 Å². The Morgan fingerprint density at radius 2 is 2.21 bits per heavy atom. The maximum Gasteiger partial charge on any atom is 0.129 e. The number of aliphatic imine (C=N–C) groups is 1. The largest absolute Gasteiger partial charge is 0.271 e. The van der Waals surface area contributed by atoms with Gasteiger partial charge in [0.1, 0.15) is 4.38 Å². The molecule has 0 bridgehead atoms. The fourth-order valence-corrected chi connectivity index (χ4v) is 3.42. The summed E-state index contributed by atoms with van der Waals surface area (Å²) in [5, 5.41) is 0.811. The quantitative estimate of drug-likeness (QED) is 0.741. The zero-order chi connectivity index (χ0) is 9.80. The van der Waals surface area contributed by atoms with E-state index in [9.17, 15) is 0 Å². The van der Waals surface area contributed by atoms with Crippen molar-refractivity contribution in [1.29, 1.82) is 0 Å². The first-order chi connectivity index (χ1) is 6.86. The average Bonchev–Trinajstić information content (AvgIpc) is 2.23. The summed E-state index contributed by atoms with van der Waals surface area (Å²) in [6.07, 6.45) is 1.19. The molecule has 0 amide bonds. The Labute approximate surface area is 97.3 Å². The Bertz CT molecular complexity index is 352. The molecule has 1 aromatic carbocycles. The number of hydrogen-bond donors (Lipinski definition) is 0. The second kappa shape index (κ2) is 5.10. The summed E-state index contributed by atoms with van der Waals surface area (Å²) in [4.78, 5) is 5.55. The second-order valence-corrected chi connectivity index (χ2v) is 5.66. The van der Waals surface area contributed by atoms with Gasteiger partial charge in [-0.2, -0.15) is 0 Å². The highest BCUT2D eigenvalue weighted by Crippen LogP contribution is 2.32. The van der Waals surface area contributed by atoms with Gasteiger partial charge in [-0.1, -0.05) is 47.3 Å². The average molecular weight is 244 g/mol. The molecule has 2 rings (SSSR count). The normalized spacial score (nSPS) is 16.5. The van der Waals surface area contributed by atoms with E-state index in [0.717, 1.165) is 20.8 Å². The van der Waals surface area contributed by atoms with Crippen molar-refractivity contribution in [3.8, 4) is 0 Å². The van der Waals surface area contributed by atoms with Crippen LogP contribution in [0.1, 0.15) is 6.42 Å². The minimum Gasteiger partial charge on any atom is -0.271 e. The van der Waals surface area contributed by atoms with E-state index in [-0.39, 0.29) is 0 Å². The predicted octanol–water partition coefficient (Wildman–Crippen LogP) is 3.93. The van der Waals surface area contributed by atoms with Crippen LogP contribution >= 0.6 is 35.1 Å². The molecule has 0 saturated carbocycles. The molecule has 0 N–H and O–H groups in total. The topological polar surface area (TPSA) is 12.4 Å². The molecule has 0 atom stereocenters. The molecule has 0 unspecified atom stereocenters. The van der Waals surface area contributed by atoms with E-state index in [0.29, 0.717) is 0 Å². The van der Waals surface area contributed by atoms with Gasteiger partial charge in [0.05, 0.1) is 5.02 Å². The van der Waals surface area contributed by atoms with Gasteiger partial charge in [0.2, 0.25) is 0 Å². The van der Waals surface area contributed by atoms with E-state index in [4.69, 9.17) is 11.6 Å². The molecule has 4 heteroatoms. The van der Waals surface area contributed by atoms with Crippen molar-refractivity contribution in [2.24, 2.45) is 4.99 Å². The smallest absolute Gasteiger partial charge is 0.129 e. The van der Waals surface area contributed by atoms with Crippen molar-refractivity contribution in [3.63, 3.8) is 0 Å². The van der Waals surface area contributed by atoms with Gasteiger partial charge in [0.25, 0.3) is 0 Å². The summed E-state index contributed by atoms with van der Waals surface area (Å²) in [5.41, 5.74) is 0. The van der Waals surface area contributed by atoms with Crippen molar-refractivity contribution in [2.75, 3.05) is 12.3 Å². The maximum atomic E-state index is 6.06. The number of hydrogen-bond acceptors (Lipinski definition) is 3. The molecule has 74 valence electrons. The van der Waals surface area contributed by atoms with E-state index in [2.05, 4.69) is 4.99 Å². The Kier molecular flexibility index (Phi) is 3.79. The zero-order valence-corrected chi connectivity index (χ0v) is 9.96. The Balaban J connectivity index is 2.10. The number of rotatable bonds is 1. The highest BCUT2D eigenvalue weighted by Gasteiger charge is 2.09. The van der Waals surface area contributed by atoms with Crippen LogP contribution in [0.25, 0.3) is 0 Å². The molecule has 0 saturated heterocycles. The highest BCUT2D eigenvalue weighted by molar-refractivity contribution is 8.39. The fraction of sp³-hybridized carbons (Fsp3) is 0.300.